The molecule has 0 radical (unpaired) electrons. The predicted octanol–water partition coefficient (Wildman–Crippen LogP) is 2.84. The van der Waals surface area contributed by atoms with Crippen molar-refractivity contribution in [3.05, 3.63) is 12.7 Å². The number of hydrogen-bond donors (Lipinski definition) is 1. The van der Waals surface area contributed by atoms with Gasteiger partial charge < -0.3 is 10.1 Å². The minimum atomic E-state index is 0.403. The number of thioether (sulfide) groups is 1. The molecule has 0 aromatic rings. The minimum Gasteiger partial charge on any atom is -0.381 e. The average molecular weight is 243 g/mol. The summed E-state index contributed by atoms with van der Waals surface area (Å²) in [5.74, 6) is 0. The fraction of sp³-hybridized carbons (Fsp3) is 0.846. The van der Waals surface area contributed by atoms with Crippen molar-refractivity contribution in [1.29, 1.82) is 0 Å². The number of allylic oxidation sites excluding steroid dienone is 1. The van der Waals surface area contributed by atoms with Crippen molar-refractivity contribution in [1.82, 2.24) is 5.32 Å². The summed E-state index contributed by atoms with van der Waals surface area (Å²) in [7, 11) is 0. The van der Waals surface area contributed by atoms with Gasteiger partial charge in [0.2, 0.25) is 0 Å². The van der Waals surface area contributed by atoms with Crippen LogP contribution in [0.2, 0.25) is 0 Å². The lowest BCUT2D eigenvalue weighted by Crippen LogP contribution is -2.44. The summed E-state index contributed by atoms with van der Waals surface area (Å²) < 4.78 is 5.85. The minimum absolute atomic E-state index is 0.403. The molecule has 3 heteroatoms. The second kappa shape index (κ2) is 7.36. The average Bonchev–Trinajstić information content (AvgIpc) is 2.35. The van der Waals surface area contributed by atoms with Gasteiger partial charge in [0.15, 0.2) is 0 Å². The molecule has 1 fully saturated rings. The number of ether oxygens (including phenoxy) is 1. The first-order valence-electron chi connectivity index (χ1n) is 6.19. The Morgan fingerprint density at radius 3 is 2.75 bits per heavy atom. The van der Waals surface area contributed by atoms with Gasteiger partial charge >= 0.3 is 0 Å². The van der Waals surface area contributed by atoms with Crippen LogP contribution in [0.25, 0.3) is 0 Å². The zero-order chi connectivity index (χ0) is 11.9. The van der Waals surface area contributed by atoms with Gasteiger partial charge in [-0.05, 0) is 38.9 Å². The van der Waals surface area contributed by atoms with E-state index < -0.39 is 0 Å². The molecular weight excluding hydrogens is 218 g/mol. The summed E-state index contributed by atoms with van der Waals surface area (Å²) in [6.07, 6.45) is 8.86. The SMILES string of the molecule is C=CCCC(C)NCC1(SC)CCOCC1. The van der Waals surface area contributed by atoms with Gasteiger partial charge in [-0.2, -0.15) is 11.8 Å². The molecule has 0 aromatic carbocycles. The van der Waals surface area contributed by atoms with Gasteiger partial charge in [0.1, 0.15) is 0 Å². The third-order valence-electron chi connectivity index (χ3n) is 3.41. The molecule has 0 aromatic heterocycles. The van der Waals surface area contributed by atoms with Crippen molar-refractivity contribution < 1.29 is 4.74 Å². The molecule has 1 aliphatic heterocycles. The quantitative estimate of drug-likeness (QED) is 0.695. The molecule has 0 aliphatic carbocycles. The van der Waals surface area contributed by atoms with Crippen LogP contribution in [0.5, 0.6) is 0 Å². The van der Waals surface area contributed by atoms with E-state index in [4.69, 9.17) is 4.74 Å². The van der Waals surface area contributed by atoms with Gasteiger partial charge in [-0.3, -0.25) is 0 Å². The summed E-state index contributed by atoms with van der Waals surface area (Å²) >= 11 is 2.00. The fourth-order valence-corrected chi connectivity index (χ4v) is 2.83. The molecule has 94 valence electrons. The van der Waals surface area contributed by atoms with E-state index in [1.807, 2.05) is 17.8 Å². The van der Waals surface area contributed by atoms with E-state index in [-0.39, 0.29) is 0 Å². The normalized spacial score (nSPS) is 21.6. The highest BCUT2D eigenvalue weighted by atomic mass is 32.2. The maximum atomic E-state index is 5.44. The van der Waals surface area contributed by atoms with Crippen LogP contribution < -0.4 is 5.32 Å². The lowest BCUT2D eigenvalue weighted by atomic mass is 9.98. The van der Waals surface area contributed by atoms with Crippen LogP contribution >= 0.6 is 11.8 Å². The molecule has 0 amide bonds. The fourth-order valence-electron chi connectivity index (χ4n) is 2.03. The van der Waals surface area contributed by atoms with Gasteiger partial charge in [0.25, 0.3) is 0 Å². The molecule has 1 aliphatic rings. The van der Waals surface area contributed by atoms with Crippen LogP contribution in [0.4, 0.5) is 0 Å². The van der Waals surface area contributed by atoms with Crippen LogP contribution in [0.1, 0.15) is 32.6 Å². The Kier molecular flexibility index (Phi) is 6.47. The molecule has 0 bridgehead atoms. The van der Waals surface area contributed by atoms with E-state index in [0.29, 0.717) is 10.8 Å². The Morgan fingerprint density at radius 1 is 1.50 bits per heavy atom. The monoisotopic (exact) mass is 243 g/mol. The third kappa shape index (κ3) is 4.48. The van der Waals surface area contributed by atoms with Crippen molar-refractivity contribution in [3.8, 4) is 0 Å². The van der Waals surface area contributed by atoms with Gasteiger partial charge in [0, 0.05) is 30.5 Å². The van der Waals surface area contributed by atoms with E-state index in [9.17, 15) is 0 Å². The van der Waals surface area contributed by atoms with Gasteiger partial charge in [-0.15, -0.1) is 6.58 Å². The Morgan fingerprint density at radius 2 is 2.19 bits per heavy atom. The van der Waals surface area contributed by atoms with Gasteiger partial charge in [-0.25, -0.2) is 0 Å². The van der Waals surface area contributed by atoms with Crippen LogP contribution in [-0.4, -0.2) is 36.8 Å². The van der Waals surface area contributed by atoms with Gasteiger partial charge in [-0.1, -0.05) is 6.08 Å². The van der Waals surface area contributed by atoms with Crippen LogP contribution in [0, 0.1) is 0 Å². The Bertz CT molecular complexity index is 202. The summed E-state index contributed by atoms with van der Waals surface area (Å²) in [4.78, 5) is 0. The van der Waals surface area contributed by atoms with Crippen molar-refractivity contribution >= 4 is 11.8 Å². The molecule has 16 heavy (non-hydrogen) atoms. The molecule has 1 rings (SSSR count). The second-order valence-corrected chi connectivity index (χ2v) is 5.92. The molecule has 1 unspecified atom stereocenters. The molecule has 1 heterocycles. The van der Waals surface area contributed by atoms with E-state index in [1.165, 1.54) is 19.3 Å². The van der Waals surface area contributed by atoms with E-state index in [2.05, 4.69) is 25.1 Å². The van der Waals surface area contributed by atoms with Crippen LogP contribution in [-0.2, 0) is 4.74 Å². The molecule has 0 saturated carbocycles. The highest BCUT2D eigenvalue weighted by molar-refractivity contribution is 8.00. The summed E-state index contributed by atoms with van der Waals surface area (Å²) in [5.41, 5.74) is 0. The lowest BCUT2D eigenvalue weighted by Gasteiger charge is -2.36. The summed E-state index contributed by atoms with van der Waals surface area (Å²) in [5, 5.41) is 3.65. The Balaban J connectivity index is 2.29. The van der Waals surface area contributed by atoms with E-state index >= 15 is 0 Å². The topological polar surface area (TPSA) is 21.3 Å². The first kappa shape index (κ1) is 14.1. The highest BCUT2D eigenvalue weighted by Gasteiger charge is 2.31. The molecule has 0 spiro atoms. The summed E-state index contributed by atoms with van der Waals surface area (Å²) in [6.45, 7) is 8.97. The Labute approximate surface area is 104 Å². The van der Waals surface area contributed by atoms with Crippen molar-refractivity contribution in [3.63, 3.8) is 0 Å². The smallest absolute Gasteiger partial charge is 0.0479 e. The molecular formula is C13H25NOS. The van der Waals surface area contributed by atoms with Crippen molar-refractivity contribution in [2.24, 2.45) is 0 Å². The number of hydrogen-bond acceptors (Lipinski definition) is 3. The standard InChI is InChI=1S/C13H25NOS/c1-4-5-6-12(2)14-11-13(16-3)7-9-15-10-8-13/h4,12,14H,1,5-11H2,2-3H3. The predicted molar refractivity (Wildman–Crippen MR) is 73.2 cm³/mol. The van der Waals surface area contributed by atoms with Crippen molar-refractivity contribution in [2.45, 2.75) is 43.4 Å². The molecule has 1 atom stereocenters. The number of rotatable bonds is 7. The largest absolute Gasteiger partial charge is 0.381 e. The van der Waals surface area contributed by atoms with Crippen LogP contribution in [0.15, 0.2) is 12.7 Å². The Hall–Kier alpha value is 0.01000. The maximum absolute atomic E-state index is 5.44. The maximum Gasteiger partial charge on any atom is 0.0479 e. The zero-order valence-electron chi connectivity index (χ0n) is 10.6. The van der Waals surface area contributed by atoms with E-state index in [0.717, 1.165) is 26.2 Å². The van der Waals surface area contributed by atoms with Crippen molar-refractivity contribution in [2.75, 3.05) is 26.0 Å². The molecule has 1 N–H and O–H groups in total. The first-order chi connectivity index (χ1) is 7.72. The number of nitrogens with one attached hydrogen (secondary N) is 1. The van der Waals surface area contributed by atoms with Gasteiger partial charge in [0.05, 0.1) is 0 Å². The zero-order valence-corrected chi connectivity index (χ0v) is 11.4. The molecule has 2 nitrogen and oxygen atoms in total. The first-order valence-corrected chi connectivity index (χ1v) is 7.42. The lowest BCUT2D eigenvalue weighted by molar-refractivity contribution is 0.0766. The highest BCUT2D eigenvalue weighted by Crippen LogP contribution is 2.33. The summed E-state index contributed by atoms with van der Waals surface area (Å²) in [6, 6.07) is 0.588. The van der Waals surface area contributed by atoms with Crippen LogP contribution in [0.3, 0.4) is 0 Å². The second-order valence-electron chi connectivity index (χ2n) is 4.65. The van der Waals surface area contributed by atoms with E-state index in [1.54, 1.807) is 0 Å². The third-order valence-corrected chi connectivity index (χ3v) is 4.83. The molecule has 1 saturated heterocycles.